The van der Waals surface area contributed by atoms with E-state index in [1.54, 1.807) is 12.1 Å². The number of aromatic hydroxyl groups is 1. The fourth-order valence-electron chi connectivity index (χ4n) is 1.21. The Morgan fingerprint density at radius 2 is 1.88 bits per heavy atom. The molecule has 0 radical (unpaired) electrons. The van der Waals surface area contributed by atoms with Gasteiger partial charge < -0.3 is 10.4 Å². The molecule has 0 spiro atoms. The van der Waals surface area contributed by atoms with Crippen LogP contribution < -0.4 is 10.9 Å². The first-order chi connectivity index (χ1) is 8.15. The van der Waals surface area contributed by atoms with Crippen molar-refractivity contribution in [2.75, 3.05) is 5.32 Å². The molecule has 2 rings (SSSR count). The van der Waals surface area contributed by atoms with Crippen molar-refractivity contribution < 1.29 is 9.90 Å². The number of hydrogen-bond acceptors (Lipinski definition) is 4. The minimum Gasteiger partial charge on any atom is -0.508 e. The maximum atomic E-state index is 11.7. The van der Waals surface area contributed by atoms with Gasteiger partial charge in [0.25, 0.3) is 11.5 Å². The highest BCUT2D eigenvalue weighted by Crippen LogP contribution is 2.14. The van der Waals surface area contributed by atoms with Gasteiger partial charge in [-0.25, -0.2) is 5.10 Å². The monoisotopic (exact) mass is 231 g/mol. The van der Waals surface area contributed by atoms with Gasteiger partial charge >= 0.3 is 0 Å². The second-order valence-corrected chi connectivity index (χ2v) is 3.31. The van der Waals surface area contributed by atoms with E-state index in [2.05, 4.69) is 15.5 Å². The van der Waals surface area contributed by atoms with Crippen LogP contribution in [0.5, 0.6) is 5.75 Å². The summed E-state index contributed by atoms with van der Waals surface area (Å²) in [5.41, 5.74) is 0.268. The first-order valence-corrected chi connectivity index (χ1v) is 4.81. The maximum absolute atomic E-state index is 11.7. The topological polar surface area (TPSA) is 95.1 Å². The average molecular weight is 231 g/mol. The standard InChI is InChI=1S/C11H9N3O3/c15-8-3-1-7(2-4-8)12-11(17)9-5-6-10(16)14-13-9/h1-6,15H,(H,12,17)(H,14,16). The molecular formula is C11H9N3O3. The average Bonchev–Trinajstić information content (AvgIpc) is 2.33. The van der Waals surface area contributed by atoms with Crippen molar-refractivity contribution in [3.63, 3.8) is 0 Å². The number of rotatable bonds is 2. The van der Waals surface area contributed by atoms with Crippen molar-refractivity contribution in [2.24, 2.45) is 0 Å². The summed E-state index contributed by atoms with van der Waals surface area (Å²) in [6, 6.07) is 8.57. The largest absolute Gasteiger partial charge is 0.508 e. The smallest absolute Gasteiger partial charge is 0.276 e. The molecule has 0 aliphatic heterocycles. The van der Waals surface area contributed by atoms with E-state index in [0.717, 1.165) is 0 Å². The number of phenols is 1. The molecule has 0 saturated heterocycles. The molecule has 1 aromatic carbocycles. The number of benzene rings is 1. The minimum absolute atomic E-state index is 0.109. The van der Waals surface area contributed by atoms with Crippen LogP contribution in [-0.4, -0.2) is 21.2 Å². The molecule has 2 aromatic rings. The lowest BCUT2D eigenvalue weighted by atomic mass is 10.3. The molecule has 0 aliphatic carbocycles. The number of amides is 1. The van der Waals surface area contributed by atoms with Gasteiger partial charge in [-0.05, 0) is 30.3 Å². The van der Waals surface area contributed by atoms with E-state index < -0.39 is 5.91 Å². The van der Waals surface area contributed by atoms with Gasteiger partial charge in [0, 0.05) is 11.8 Å². The Labute approximate surface area is 95.9 Å². The van der Waals surface area contributed by atoms with Crippen LogP contribution >= 0.6 is 0 Å². The number of phenolic OH excluding ortho intramolecular Hbond substituents is 1. The van der Waals surface area contributed by atoms with Crippen molar-refractivity contribution in [3.8, 4) is 5.75 Å². The third-order valence-corrected chi connectivity index (χ3v) is 2.04. The predicted octanol–water partition coefficient (Wildman–Crippen LogP) is 0.728. The van der Waals surface area contributed by atoms with Gasteiger partial charge in [-0.15, -0.1) is 0 Å². The summed E-state index contributed by atoms with van der Waals surface area (Å²) in [6.07, 6.45) is 0. The maximum Gasteiger partial charge on any atom is 0.276 e. The SMILES string of the molecule is O=C(Nc1ccc(O)cc1)c1ccc(=O)[nH]n1. The summed E-state index contributed by atoms with van der Waals surface area (Å²) in [6.45, 7) is 0. The summed E-state index contributed by atoms with van der Waals surface area (Å²) in [5.74, 6) is -0.322. The molecule has 1 amide bonds. The molecule has 0 atom stereocenters. The molecule has 0 saturated carbocycles. The van der Waals surface area contributed by atoms with Crippen LogP contribution in [0.3, 0.4) is 0 Å². The number of anilines is 1. The van der Waals surface area contributed by atoms with Crippen LogP contribution in [0, 0.1) is 0 Å². The number of carbonyl (C=O) groups excluding carboxylic acids is 1. The normalized spacial score (nSPS) is 9.88. The molecule has 86 valence electrons. The number of aromatic amines is 1. The minimum atomic E-state index is -0.438. The summed E-state index contributed by atoms with van der Waals surface area (Å²) < 4.78 is 0. The van der Waals surface area contributed by atoms with Crippen molar-refractivity contribution in [1.29, 1.82) is 0 Å². The molecule has 1 heterocycles. The predicted molar refractivity (Wildman–Crippen MR) is 60.9 cm³/mol. The Balaban J connectivity index is 2.14. The first kappa shape index (κ1) is 10.9. The molecule has 17 heavy (non-hydrogen) atoms. The highest BCUT2D eigenvalue weighted by Gasteiger charge is 2.07. The van der Waals surface area contributed by atoms with E-state index in [-0.39, 0.29) is 17.0 Å². The second-order valence-electron chi connectivity index (χ2n) is 3.31. The molecule has 1 aromatic heterocycles. The van der Waals surface area contributed by atoms with Crippen molar-refractivity contribution in [1.82, 2.24) is 10.2 Å². The Hall–Kier alpha value is -2.63. The van der Waals surface area contributed by atoms with Gasteiger partial charge in [0.1, 0.15) is 11.4 Å². The van der Waals surface area contributed by atoms with Crippen LogP contribution in [0.15, 0.2) is 41.2 Å². The van der Waals surface area contributed by atoms with Gasteiger partial charge in [0.15, 0.2) is 0 Å². The van der Waals surface area contributed by atoms with Crippen LogP contribution in [-0.2, 0) is 0 Å². The second kappa shape index (κ2) is 4.48. The van der Waals surface area contributed by atoms with Crippen molar-refractivity contribution >= 4 is 11.6 Å². The third kappa shape index (κ3) is 2.69. The van der Waals surface area contributed by atoms with E-state index in [4.69, 9.17) is 5.11 Å². The van der Waals surface area contributed by atoms with E-state index >= 15 is 0 Å². The summed E-state index contributed by atoms with van der Waals surface area (Å²) >= 11 is 0. The van der Waals surface area contributed by atoms with Gasteiger partial charge in [-0.2, -0.15) is 5.10 Å². The summed E-state index contributed by atoms with van der Waals surface area (Å²) in [5, 5.41) is 17.4. The van der Waals surface area contributed by atoms with Crippen LogP contribution in [0.2, 0.25) is 0 Å². The van der Waals surface area contributed by atoms with E-state index in [1.165, 1.54) is 24.3 Å². The van der Waals surface area contributed by atoms with Crippen LogP contribution in [0.25, 0.3) is 0 Å². The number of hydrogen-bond donors (Lipinski definition) is 3. The molecule has 3 N–H and O–H groups in total. The Bertz CT molecular complexity index is 569. The van der Waals surface area contributed by atoms with Gasteiger partial charge in [-0.1, -0.05) is 0 Å². The molecule has 6 nitrogen and oxygen atoms in total. The highest BCUT2D eigenvalue weighted by atomic mass is 16.3. The number of nitrogens with zero attached hydrogens (tertiary/aromatic N) is 1. The number of carbonyl (C=O) groups is 1. The zero-order valence-corrected chi connectivity index (χ0v) is 8.68. The third-order valence-electron chi connectivity index (χ3n) is 2.04. The fraction of sp³-hybridized carbons (Fsp3) is 0. The van der Waals surface area contributed by atoms with Crippen LogP contribution in [0.4, 0.5) is 5.69 Å². The van der Waals surface area contributed by atoms with Gasteiger partial charge in [0.05, 0.1) is 0 Å². The molecule has 0 fully saturated rings. The van der Waals surface area contributed by atoms with Crippen LogP contribution in [0.1, 0.15) is 10.5 Å². The summed E-state index contributed by atoms with van der Waals surface area (Å²) in [4.78, 5) is 22.4. The molecular weight excluding hydrogens is 222 g/mol. The molecule has 0 aliphatic rings. The molecule has 0 bridgehead atoms. The zero-order chi connectivity index (χ0) is 12.3. The fourth-order valence-corrected chi connectivity index (χ4v) is 1.21. The van der Waals surface area contributed by atoms with Crippen molar-refractivity contribution in [2.45, 2.75) is 0 Å². The quantitative estimate of drug-likeness (QED) is 0.664. The Morgan fingerprint density at radius 3 is 2.47 bits per heavy atom. The Kier molecular flexibility index (Phi) is 2.87. The lowest BCUT2D eigenvalue weighted by molar-refractivity contribution is 0.102. The van der Waals surface area contributed by atoms with E-state index in [0.29, 0.717) is 5.69 Å². The van der Waals surface area contributed by atoms with E-state index in [9.17, 15) is 9.59 Å². The molecule has 0 unspecified atom stereocenters. The number of aromatic nitrogens is 2. The van der Waals surface area contributed by atoms with Gasteiger partial charge in [0.2, 0.25) is 0 Å². The number of H-pyrrole nitrogens is 1. The first-order valence-electron chi connectivity index (χ1n) is 4.81. The molecule has 6 heteroatoms. The lowest BCUT2D eigenvalue weighted by Crippen LogP contribution is -2.17. The van der Waals surface area contributed by atoms with E-state index in [1.807, 2.05) is 0 Å². The lowest BCUT2D eigenvalue weighted by Gasteiger charge is -2.03. The van der Waals surface area contributed by atoms with Crippen molar-refractivity contribution in [3.05, 3.63) is 52.4 Å². The number of nitrogens with one attached hydrogen (secondary N) is 2. The summed E-state index contributed by atoms with van der Waals surface area (Å²) in [7, 11) is 0. The van der Waals surface area contributed by atoms with Gasteiger partial charge in [-0.3, -0.25) is 9.59 Å². The highest BCUT2D eigenvalue weighted by molar-refractivity contribution is 6.02. The zero-order valence-electron chi connectivity index (χ0n) is 8.68. The Morgan fingerprint density at radius 1 is 1.18 bits per heavy atom.